The van der Waals surface area contributed by atoms with Gasteiger partial charge in [-0.15, -0.1) is 0 Å². The minimum atomic E-state index is -0.573. The van der Waals surface area contributed by atoms with Crippen molar-refractivity contribution in [3.8, 4) is 17.0 Å². The van der Waals surface area contributed by atoms with Crippen LogP contribution < -0.4 is 11.2 Å². The predicted molar refractivity (Wildman–Crippen MR) is 86.2 cm³/mol. The molecule has 0 aliphatic rings. The summed E-state index contributed by atoms with van der Waals surface area (Å²) >= 11 is 1.67. The van der Waals surface area contributed by atoms with Gasteiger partial charge in [0.25, 0.3) is 5.56 Å². The van der Waals surface area contributed by atoms with E-state index in [4.69, 9.17) is 0 Å². The van der Waals surface area contributed by atoms with E-state index in [1.165, 1.54) is 4.57 Å². The number of hydrogen-bond donors (Lipinski definition) is 2. The van der Waals surface area contributed by atoms with Crippen LogP contribution in [-0.4, -0.2) is 26.7 Å². The van der Waals surface area contributed by atoms with Crippen LogP contribution in [0.25, 0.3) is 11.1 Å². The van der Waals surface area contributed by atoms with Gasteiger partial charge in [-0.3, -0.25) is 14.3 Å². The lowest BCUT2D eigenvalue weighted by Gasteiger charge is -2.12. The molecule has 112 valence electrons. The van der Waals surface area contributed by atoms with Crippen LogP contribution in [-0.2, 0) is 6.54 Å². The minimum absolute atomic E-state index is 0.150. The third kappa shape index (κ3) is 3.21. The lowest BCUT2D eigenvalue weighted by Crippen LogP contribution is -2.31. The Bertz CT molecular complexity index is 749. The van der Waals surface area contributed by atoms with Gasteiger partial charge in [0.05, 0.1) is 0 Å². The molecule has 0 atom stereocenters. The fourth-order valence-electron chi connectivity index (χ4n) is 2.23. The molecule has 0 unspecified atom stereocenters. The fourth-order valence-corrected chi connectivity index (χ4v) is 2.65. The summed E-state index contributed by atoms with van der Waals surface area (Å²) in [4.78, 5) is 26.2. The smallest absolute Gasteiger partial charge is 0.331 e. The summed E-state index contributed by atoms with van der Waals surface area (Å²) in [6, 6.07) is 7.27. The van der Waals surface area contributed by atoms with Crippen molar-refractivity contribution < 1.29 is 5.11 Å². The molecule has 0 bridgehead atoms. The molecule has 2 aromatic rings. The first-order valence-electron chi connectivity index (χ1n) is 6.67. The number of aromatic amines is 1. The van der Waals surface area contributed by atoms with E-state index < -0.39 is 11.2 Å². The monoisotopic (exact) mass is 306 g/mol. The quantitative estimate of drug-likeness (QED) is 0.828. The minimum Gasteiger partial charge on any atom is -0.494 e. The van der Waals surface area contributed by atoms with Crippen molar-refractivity contribution >= 4 is 11.8 Å². The van der Waals surface area contributed by atoms with E-state index in [2.05, 4.69) is 4.98 Å². The van der Waals surface area contributed by atoms with Gasteiger partial charge in [0, 0.05) is 6.54 Å². The molecule has 0 spiro atoms. The Morgan fingerprint density at radius 3 is 2.67 bits per heavy atom. The third-order valence-corrected chi connectivity index (χ3v) is 4.01. The molecular weight excluding hydrogens is 288 g/mol. The Labute approximate surface area is 126 Å². The standard InChI is InChI=1S/C15H18N2O3S/c1-10-6-3-4-7-11(10)12-13(18)16-15(20)17(14(12)19)8-5-9-21-2/h3-4,6-7,19H,5,8-9H2,1-2H3,(H,16,18,20). The molecule has 0 aliphatic carbocycles. The Morgan fingerprint density at radius 1 is 1.29 bits per heavy atom. The van der Waals surface area contributed by atoms with Crippen LogP contribution in [0, 0.1) is 6.92 Å². The molecule has 1 aromatic carbocycles. The van der Waals surface area contributed by atoms with Crippen LogP contribution >= 0.6 is 11.8 Å². The Hall–Kier alpha value is -1.95. The summed E-state index contributed by atoms with van der Waals surface area (Å²) in [6.07, 6.45) is 2.72. The van der Waals surface area contributed by atoms with Crippen molar-refractivity contribution in [3.63, 3.8) is 0 Å². The molecule has 0 aliphatic heterocycles. The van der Waals surface area contributed by atoms with E-state index in [0.29, 0.717) is 12.1 Å². The molecule has 2 rings (SSSR count). The number of thioether (sulfide) groups is 1. The number of H-pyrrole nitrogens is 1. The Balaban J connectivity index is 2.57. The molecule has 0 saturated carbocycles. The fraction of sp³-hybridized carbons (Fsp3) is 0.333. The van der Waals surface area contributed by atoms with E-state index in [-0.39, 0.29) is 11.4 Å². The molecular formula is C15H18N2O3S. The van der Waals surface area contributed by atoms with Gasteiger partial charge in [-0.25, -0.2) is 4.79 Å². The first kappa shape index (κ1) is 15.4. The summed E-state index contributed by atoms with van der Waals surface area (Å²) < 4.78 is 1.22. The van der Waals surface area contributed by atoms with Crippen molar-refractivity contribution in [2.45, 2.75) is 19.9 Å². The van der Waals surface area contributed by atoms with E-state index >= 15 is 0 Å². The van der Waals surface area contributed by atoms with Gasteiger partial charge >= 0.3 is 5.69 Å². The number of aromatic nitrogens is 2. The van der Waals surface area contributed by atoms with E-state index in [1.807, 2.05) is 25.3 Å². The van der Waals surface area contributed by atoms with Gasteiger partial charge in [0.15, 0.2) is 0 Å². The number of hydrogen-bond acceptors (Lipinski definition) is 4. The highest BCUT2D eigenvalue weighted by molar-refractivity contribution is 7.98. The maximum Gasteiger partial charge on any atom is 0.331 e. The molecule has 5 nitrogen and oxygen atoms in total. The molecule has 0 fully saturated rings. The molecule has 2 N–H and O–H groups in total. The number of aryl methyl sites for hydroxylation is 1. The third-order valence-electron chi connectivity index (χ3n) is 3.32. The summed E-state index contributed by atoms with van der Waals surface area (Å²) in [7, 11) is 0. The number of nitrogens with zero attached hydrogens (tertiary/aromatic N) is 1. The summed E-state index contributed by atoms with van der Waals surface area (Å²) in [5.74, 6) is 0.615. The molecule has 21 heavy (non-hydrogen) atoms. The highest BCUT2D eigenvalue weighted by atomic mass is 32.2. The molecule has 1 aromatic heterocycles. The molecule has 0 saturated heterocycles. The largest absolute Gasteiger partial charge is 0.494 e. The number of nitrogens with one attached hydrogen (secondary N) is 1. The normalized spacial score (nSPS) is 10.8. The summed E-state index contributed by atoms with van der Waals surface area (Å²) in [5, 5.41) is 10.4. The SMILES string of the molecule is CSCCCn1c(O)c(-c2ccccc2C)c(=O)[nH]c1=O. The molecule has 1 heterocycles. The molecule has 6 heteroatoms. The van der Waals surface area contributed by atoms with E-state index in [0.717, 1.165) is 17.7 Å². The van der Waals surface area contributed by atoms with Gasteiger partial charge < -0.3 is 5.11 Å². The zero-order valence-electron chi connectivity index (χ0n) is 12.0. The Kier molecular flexibility index (Phi) is 4.90. The molecule has 0 radical (unpaired) electrons. The second kappa shape index (κ2) is 6.67. The first-order valence-corrected chi connectivity index (χ1v) is 8.06. The second-order valence-corrected chi connectivity index (χ2v) is 5.76. The van der Waals surface area contributed by atoms with E-state index in [1.54, 1.807) is 23.9 Å². The lowest BCUT2D eigenvalue weighted by atomic mass is 10.0. The van der Waals surface area contributed by atoms with Gasteiger partial charge in [-0.1, -0.05) is 24.3 Å². The number of rotatable bonds is 5. The summed E-state index contributed by atoms with van der Waals surface area (Å²) in [5.41, 5.74) is 0.517. The maximum atomic E-state index is 12.1. The van der Waals surface area contributed by atoms with Gasteiger partial charge in [0.2, 0.25) is 5.88 Å². The highest BCUT2D eigenvalue weighted by Gasteiger charge is 2.16. The van der Waals surface area contributed by atoms with Crippen molar-refractivity contribution in [3.05, 3.63) is 50.7 Å². The van der Waals surface area contributed by atoms with Crippen LogP contribution in [0.2, 0.25) is 0 Å². The highest BCUT2D eigenvalue weighted by Crippen LogP contribution is 2.26. The van der Waals surface area contributed by atoms with Crippen LogP contribution in [0.1, 0.15) is 12.0 Å². The van der Waals surface area contributed by atoms with Crippen molar-refractivity contribution in [2.24, 2.45) is 0 Å². The van der Waals surface area contributed by atoms with Crippen LogP contribution in [0.3, 0.4) is 0 Å². The first-order chi connectivity index (χ1) is 10.1. The topological polar surface area (TPSA) is 75.1 Å². The number of aromatic hydroxyl groups is 1. The Morgan fingerprint density at radius 2 is 2.00 bits per heavy atom. The van der Waals surface area contributed by atoms with Crippen molar-refractivity contribution in [1.29, 1.82) is 0 Å². The lowest BCUT2D eigenvalue weighted by molar-refractivity contribution is 0.402. The average molecular weight is 306 g/mol. The van der Waals surface area contributed by atoms with Gasteiger partial charge in [-0.2, -0.15) is 11.8 Å². The zero-order valence-corrected chi connectivity index (χ0v) is 12.9. The maximum absolute atomic E-state index is 12.1. The van der Waals surface area contributed by atoms with Gasteiger partial charge in [-0.05, 0) is 36.5 Å². The zero-order chi connectivity index (χ0) is 15.4. The predicted octanol–water partition coefficient (Wildman–Crippen LogP) is 1.97. The van der Waals surface area contributed by atoms with E-state index in [9.17, 15) is 14.7 Å². The number of benzene rings is 1. The van der Waals surface area contributed by atoms with Crippen molar-refractivity contribution in [2.75, 3.05) is 12.0 Å². The van der Waals surface area contributed by atoms with Crippen molar-refractivity contribution in [1.82, 2.24) is 9.55 Å². The average Bonchev–Trinajstić information content (AvgIpc) is 2.44. The summed E-state index contributed by atoms with van der Waals surface area (Å²) in [6.45, 7) is 2.23. The molecule has 0 amide bonds. The second-order valence-electron chi connectivity index (χ2n) is 4.77. The van der Waals surface area contributed by atoms with Gasteiger partial charge in [0.1, 0.15) is 5.56 Å². The van der Waals surface area contributed by atoms with Crippen LogP contribution in [0.5, 0.6) is 5.88 Å². The van der Waals surface area contributed by atoms with Crippen LogP contribution in [0.4, 0.5) is 0 Å². The van der Waals surface area contributed by atoms with Crippen LogP contribution in [0.15, 0.2) is 33.9 Å².